The Labute approximate surface area is 112 Å². The van der Waals surface area contributed by atoms with E-state index in [1.807, 2.05) is 13.8 Å². The average molecular weight is 259 g/mol. The molecule has 0 N–H and O–H groups in total. The van der Waals surface area contributed by atoms with E-state index in [1.54, 1.807) is 7.11 Å². The van der Waals surface area contributed by atoms with Gasteiger partial charge < -0.3 is 14.2 Å². The van der Waals surface area contributed by atoms with Crippen LogP contribution < -0.4 is 0 Å². The first kappa shape index (κ1) is 15.9. The van der Waals surface area contributed by atoms with Crippen molar-refractivity contribution in [2.75, 3.05) is 40.0 Å². The number of ether oxygens (including phenoxy) is 3. The molecule has 1 aliphatic carbocycles. The van der Waals surface area contributed by atoms with Gasteiger partial charge in [0.1, 0.15) is 0 Å². The topological polar surface area (TPSA) is 30.9 Å². The van der Waals surface area contributed by atoms with Crippen LogP contribution in [0.4, 0.5) is 0 Å². The monoisotopic (exact) mass is 259 g/mol. The molecule has 0 aliphatic heterocycles. The lowest BCUT2D eigenvalue weighted by atomic mass is 10.2. The second kappa shape index (κ2) is 8.86. The Balaban J connectivity index is 2.45. The van der Waals surface area contributed by atoms with Gasteiger partial charge in [0, 0.05) is 39.5 Å². The molecule has 0 heterocycles. The molecule has 0 bridgehead atoms. The molecule has 0 radical (unpaired) electrons. The Bertz CT molecular complexity index is 203. The van der Waals surface area contributed by atoms with E-state index in [0.717, 1.165) is 25.6 Å². The van der Waals surface area contributed by atoms with Gasteiger partial charge in [0.2, 0.25) is 0 Å². The number of hydrogen-bond donors (Lipinski definition) is 0. The third-order valence-electron chi connectivity index (χ3n) is 3.55. The Hall–Kier alpha value is -0.160. The second-order valence-electron chi connectivity index (χ2n) is 4.91. The zero-order valence-electron chi connectivity index (χ0n) is 12.4. The van der Waals surface area contributed by atoms with Gasteiger partial charge in [-0.3, -0.25) is 4.90 Å². The summed E-state index contributed by atoms with van der Waals surface area (Å²) in [4.78, 5) is 2.44. The molecule has 1 rings (SSSR count). The molecule has 0 saturated heterocycles. The van der Waals surface area contributed by atoms with Crippen molar-refractivity contribution in [3.05, 3.63) is 0 Å². The molecule has 4 nitrogen and oxygen atoms in total. The lowest BCUT2D eigenvalue weighted by Crippen LogP contribution is -2.43. The Morgan fingerprint density at radius 2 is 1.78 bits per heavy atom. The Kier molecular flexibility index (Phi) is 7.82. The summed E-state index contributed by atoms with van der Waals surface area (Å²) < 4.78 is 16.5. The Morgan fingerprint density at radius 3 is 2.22 bits per heavy atom. The van der Waals surface area contributed by atoms with Gasteiger partial charge >= 0.3 is 0 Å². The third-order valence-corrected chi connectivity index (χ3v) is 3.55. The summed E-state index contributed by atoms with van der Waals surface area (Å²) in [5, 5.41) is 0. The number of hydrogen-bond acceptors (Lipinski definition) is 4. The average Bonchev–Trinajstić information content (AvgIpc) is 3.18. The number of methoxy groups -OCH3 is 1. The first-order valence-corrected chi connectivity index (χ1v) is 7.19. The van der Waals surface area contributed by atoms with Crippen LogP contribution in [0.25, 0.3) is 0 Å². The van der Waals surface area contributed by atoms with Crippen LogP contribution >= 0.6 is 0 Å². The third kappa shape index (κ3) is 5.65. The molecule has 1 fully saturated rings. The maximum absolute atomic E-state index is 5.64. The van der Waals surface area contributed by atoms with Crippen LogP contribution in [0.15, 0.2) is 0 Å². The maximum Gasteiger partial charge on any atom is 0.170 e. The predicted molar refractivity (Wildman–Crippen MR) is 72.7 cm³/mol. The fourth-order valence-corrected chi connectivity index (χ4v) is 2.26. The molecule has 0 aromatic rings. The van der Waals surface area contributed by atoms with Gasteiger partial charge in [0.15, 0.2) is 6.29 Å². The SMILES string of the molecule is CCOC(CN(CCOC)C(C)C1CC1)OCC. The molecular weight excluding hydrogens is 230 g/mol. The number of nitrogens with zero attached hydrogens (tertiary/aromatic N) is 1. The highest BCUT2D eigenvalue weighted by molar-refractivity contribution is 4.85. The van der Waals surface area contributed by atoms with E-state index in [2.05, 4.69) is 11.8 Å². The van der Waals surface area contributed by atoms with Crippen molar-refractivity contribution in [3.8, 4) is 0 Å². The molecule has 18 heavy (non-hydrogen) atoms. The van der Waals surface area contributed by atoms with Crippen LogP contribution in [0.1, 0.15) is 33.6 Å². The zero-order valence-corrected chi connectivity index (χ0v) is 12.4. The highest BCUT2D eigenvalue weighted by atomic mass is 16.7. The van der Waals surface area contributed by atoms with E-state index in [0.29, 0.717) is 19.3 Å². The molecule has 1 saturated carbocycles. The van der Waals surface area contributed by atoms with E-state index in [9.17, 15) is 0 Å². The first-order chi connectivity index (χ1) is 8.72. The fourth-order valence-electron chi connectivity index (χ4n) is 2.26. The highest BCUT2D eigenvalue weighted by Crippen LogP contribution is 2.35. The fraction of sp³-hybridized carbons (Fsp3) is 1.00. The van der Waals surface area contributed by atoms with Gasteiger partial charge in [-0.25, -0.2) is 0 Å². The summed E-state index contributed by atoms with van der Waals surface area (Å²) in [6.45, 7) is 10.3. The van der Waals surface area contributed by atoms with Gasteiger partial charge in [0.25, 0.3) is 0 Å². The molecule has 0 amide bonds. The molecule has 1 unspecified atom stereocenters. The van der Waals surface area contributed by atoms with Crippen molar-refractivity contribution >= 4 is 0 Å². The van der Waals surface area contributed by atoms with Crippen LogP contribution in [-0.2, 0) is 14.2 Å². The van der Waals surface area contributed by atoms with E-state index in [-0.39, 0.29) is 6.29 Å². The molecular formula is C14H29NO3. The van der Waals surface area contributed by atoms with Crippen molar-refractivity contribution < 1.29 is 14.2 Å². The lowest BCUT2D eigenvalue weighted by Gasteiger charge is -2.32. The van der Waals surface area contributed by atoms with Gasteiger partial charge in [-0.2, -0.15) is 0 Å². The molecule has 1 atom stereocenters. The minimum absolute atomic E-state index is 0.113. The van der Waals surface area contributed by atoms with Crippen LogP contribution in [0.3, 0.4) is 0 Å². The van der Waals surface area contributed by atoms with Crippen molar-refractivity contribution in [1.82, 2.24) is 4.90 Å². The number of rotatable bonds is 11. The van der Waals surface area contributed by atoms with Crippen molar-refractivity contribution in [2.45, 2.75) is 45.9 Å². The largest absolute Gasteiger partial charge is 0.383 e. The maximum atomic E-state index is 5.64. The summed E-state index contributed by atoms with van der Waals surface area (Å²) in [7, 11) is 1.75. The van der Waals surface area contributed by atoms with Crippen LogP contribution in [0, 0.1) is 5.92 Å². The van der Waals surface area contributed by atoms with E-state index >= 15 is 0 Å². The zero-order chi connectivity index (χ0) is 13.4. The summed E-state index contributed by atoms with van der Waals surface area (Å²) in [6, 6.07) is 0.601. The summed E-state index contributed by atoms with van der Waals surface area (Å²) in [5.41, 5.74) is 0. The van der Waals surface area contributed by atoms with Crippen LogP contribution in [0.5, 0.6) is 0 Å². The molecule has 4 heteroatoms. The van der Waals surface area contributed by atoms with Crippen molar-refractivity contribution in [1.29, 1.82) is 0 Å². The van der Waals surface area contributed by atoms with Crippen molar-refractivity contribution in [3.63, 3.8) is 0 Å². The standard InChI is InChI=1S/C14H29NO3/c1-5-17-14(18-6-2)11-15(9-10-16-4)12(3)13-7-8-13/h12-14H,5-11H2,1-4H3. The summed E-state index contributed by atoms with van der Waals surface area (Å²) in [6.07, 6.45) is 2.61. The lowest BCUT2D eigenvalue weighted by molar-refractivity contribution is -0.151. The smallest absolute Gasteiger partial charge is 0.170 e. The molecule has 1 aliphatic rings. The van der Waals surface area contributed by atoms with Gasteiger partial charge in [-0.1, -0.05) is 0 Å². The van der Waals surface area contributed by atoms with Crippen LogP contribution in [-0.4, -0.2) is 57.3 Å². The normalized spacial score (nSPS) is 17.7. The Morgan fingerprint density at radius 1 is 1.17 bits per heavy atom. The highest BCUT2D eigenvalue weighted by Gasteiger charge is 2.32. The second-order valence-corrected chi connectivity index (χ2v) is 4.91. The van der Waals surface area contributed by atoms with Gasteiger partial charge in [0.05, 0.1) is 6.61 Å². The summed E-state index contributed by atoms with van der Waals surface area (Å²) >= 11 is 0. The van der Waals surface area contributed by atoms with Gasteiger partial charge in [-0.05, 0) is 39.5 Å². The molecule has 0 aromatic carbocycles. The van der Waals surface area contributed by atoms with E-state index in [1.165, 1.54) is 12.8 Å². The minimum Gasteiger partial charge on any atom is -0.383 e. The van der Waals surface area contributed by atoms with Crippen molar-refractivity contribution in [2.24, 2.45) is 5.92 Å². The first-order valence-electron chi connectivity index (χ1n) is 7.19. The van der Waals surface area contributed by atoms with Gasteiger partial charge in [-0.15, -0.1) is 0 Å². The quantitative estimate of drug-likeness (QED) is 0.532. The minimum atomic E-state index is -0.113. The molecule has 0 aromatic heterocycles. The predicted octanol–water partition coefficient (Wildman–Crippen LogP) is 2.13. The molecule has 108 valence electrons. The van der Waals surface area contributed by atoms with E-state index < -0.39 is 0 Å². The summed E-state index contributed by atoms with van der Waals surface area (Å²) in [5.74, 6) is 0.853. The van der Waals surface area contributed by atoms with Crippen LogP contribution in [0.2, 0.25) is 0 Å². The molecule has 0 spiro atoms. The van der Waals surface area contributed by atoms with E-state index in [4.69, 9.17) is 14.2 Å².